The molecule has 0 N–H and O–H groups in total. The average Bonchev–Trinajstić information content (AvgIpc) is 2.79. The van der Waals surface area contributed by atoms with Crippen molar-refractivity contribution in [1.29, 1.82) is 0 Å². The van der Waals surface area contributed by atoms with E-state index < -0.39 is 0 Å². The van der Waals surface area contributed by atoms with Crippen molar-refractivity contribution in [2.24, 2.45) is 0 Å². The van der Waals surface area contributed by atoms with Gasteiger partial charge in [-0.3, -0.25) is 0 Å². The molecular weight excluding hydrogens is 406 g/mol. The molecule has 0 aromatic heterocycles. The average molecular weight is 468 g/mol. The minimum absolute atomic E-state index is 0.780. The van der Waals surface area contributed by atoms with E-state index in [1.165, 1.54) is 141 Å². The van der Waals surface area contributed by atoms with Gasteiger partial charge in [-0.15, -0.1) is 0 Å². The first-order chi connectivity index (χ1) is 15.8. The van der Waals surface area contributed by atoms with E-state index in [4.69, 9.17) is 0 Å². The molecule has 32 heavy (non-hydrogen) atoms. The topological polar surface area (TPSA) is 3.24 Å². The van der Waals surface area contributed by atoms with Crippen molar-refractivity contribution in [1.82, 2.24) is 4.90 Å². The predicted octanol–water partition coefficient (Wildman–Crippen LogP) is 10.4. The van der Waals surface area contributed by atoms with Gasteiger partial charge in [-0.1, -0.05) is 129 Å². The van der Waals surface area contributed by atoms with E-state index in [1.54, 1.807) is 0 Å². The Hall–Kier alpha value is 0.0500. The molecule has 0 aliphatic rings. The molecule has 0 fully saturated rings. The standard InChI is InChI=1S/C30H61NS/c1-4-6-8-10-12-13-14-15-16-17-18-19-21-23-25-27-30(31(3)28-29-32)26-24-22-20-11-9-7-5-2/h15-16,30,32H,4-14,17-29H2,1-3H3/b16-15-. The zero-order valence-corrected chi connectivity index (χ0v) is 23.5. The quantitative estimate of drug-likeness (QED) is 0.0752. The number of rotatable bonds is 26. The fraction of sp³-hybridized carbons (Fsp3) is 0.933. The zero-order chi connectivity index (χ0) is 23.5. The van der Waals surface area contributed by atoms with Crippen LogP contribution in [0.1, 0.15) is 155 Å². The van der Waals surface area contributed by atoms with Crippen LogP contribution in [0, 0.1) is 0 Å². The van der Waals surface area contributed by atoms with E-state index in [0.29, 0.717) is 0 Å². The van der Waals surface area contributed by atoms with E-state index in [-0.39, 0.29) is 0 Å². The second-order valence-electron chi connectivity index (χ2n) is 10.1. The molecule has 1 atom stereocenters. The normalized spacial score (nSPS) is 12.9. The Morgan fingerprint density at radius 3 is 1.34 bits per heavy atom. The highest BCUT2D eigenvalue weighted by molar-refractivity contribution is 7.80. The summed E-state index contributed by atoms with van der Waals surface area (Å²) in [5, 5.41) is 0. The molecule has 0 bridgehead atoms. The van der Waals surface area contributed by atoms with Gasteiger partial charge in [0.05, 0.1) is 0 Å². The number of allylic oxidation sites excluding steroid dienone is 2. The van der Waals surface area contributed by atoms with Gasteiger partial charge in [-0.05, 0) is 45.6 Å². The molecule has 1 unspecified atom stereocenters. The van der Waals surface area contributed by atoms with Crippen LogP contribution in [-0.2, 0) is 0 Å². The second kappa shape index (κ2) is 27.3. The first-order valence-corrected chi connectivity index (χ1v) is 15.4. The SMILES string of the molecule is CCCCCCCC/C=C\CCCCCCCC(CCCCCCCCC)N(C)CCS. The molecule has 0 aliphatic carbocycles. The van der Waals surface area contributed by atoms with Gasteiger partial charge in [0, 0.05) is 18.3 Å². The Labute approximate surface area is 210 Å². The number of nitrogens with zero attached hydrogens (tertiary/aromatic N) is 1. The van der Waals surface area contributed by atoms with E-state index in [0.717, 1.165) is 18.3 Å². The van der Waals surface area contributed by atoms with Crippen LogP contribution in [0.5, 0.6) is 0 Å². The largest absolute Gasteiger partial charge is 0.303 e. The van der Waals surface area contributed by atoms with Crippen molar-refractivity contribution in [3.8, 4) is 0 Å². The number of thiol groups is 1. The van der Waals surface area contributed by atoms with Gasteiger partial charge < -0.3 is 4.90 Å². The van der Waals surface area contributed by atoms with Crippen LogP contribution in [0.4, 0.5) is 0 Å². The molecule has 0 saturated carbocycles. The van der Waals surface area contributed by atoms with Gasteiger partial charge in [0.25, 0.3) is 0 Å². The number of hydrogen-bond acceptors (Lipinski definition) is 2. The molecule has 192 valence electrons. The lowest BCUT2D eigenvalue weighted by molar-refractivity contribution is 0.221. The number of unbranched alkanes of at least 4 members (excludes halogenated alkanes) is 17. The monoisotopic (exact) mass is 467 g/mol. The van der Waals surface area contributed by atoms with E-state index in [9.17, 15) is 0 Å². The molecule has 0 aliphatic heterocycles. The zero-order valence-electron chi connectivity index (χ0n) is 22.6. The second-order valence-corrected chi connectivity index (χ2v) is 10.6. The highest BCUT2D eigenvalue weighted by atomic mass is 32.1. The summed E-state index contributed by atoms with van der Waals surface area (Å²) in [6.45, 7) is 5.73. The minimum Gasteiger partial charge on any atom is -0.303 e. The van der Waals surface area contributed by atoms with Gasteiger partial charge in [-0.2, -0.15) is 12.6 Å². The maximum absolute atomic E-state index is 4.47. The summed E-state index contributed by atoms with van der Waals surface area (Å²) in [4.78, 5) is 2.58. The first-order valence-electron chi connectivity index (χ1n) is 14.7. The van der Waals surface area contributed by atoms with Gasteiger partial charge in [-0.25, -0.2) is 0 Å². The van der Waals surface area contributed by atoms with Crippen LogP contribution in [0.15, 0.2) is 12.2 Å². The number of hydrogen-bond donors (Lipinski definition) is 1. The fourth-order valence-electron chi connectivity index (χ4n) is 4.71. The van der Waals surface area contributed by atoms with E-state index in [2.05, 4.69) is 50.6 Å². The Bertz CT molecular complexity index is 368. The van der Waals surface area contributed by atoms with Crippen molar-refractivity contribution in [2.45, 2.75) is 161 Å². The summed E-state index contributed by atoms with van der Waals surface area (Å²) in [5.41, 5.74) is 0. The van der Waals surface area contributed by atoms with Gasteiger partial charge in [0.1, 0.15) is 0 Å². The fourth-order valence-corrected chi connectivity index (χ4v) is 5.03. The van der Waals surface area contributed by atoms with Crippen molar-refractivity contribution in [3.63, 3.8) is 0 Å². The van der Waals surface area contributed by atoms with Crippen LogP contribution < -0.4 is 0 Å². The van der Waals surface area contributed by atoms with Crippen molar-refractivity contribution in [2.75, 3.05) is 19.3 Å². The Morgan fingerprint density at radius 1 is 0.562 bits per heavy atom. The van der Waals surface area contributed by atoms with Crippen LogP contribution in [0.25, 0.3) is 0 Å². The molecule has 0 aromatic rings. The highest BCUT2D eigenvalue weighted by Crippen LogP contribution is 2.18. The van der Waals surface area contributed by atoms with E-state index in [1.807, 2.05) is 0 Å². The third-order valence-electron chi connectivity index (χ3n) is 7.02. The summed E-state index contributed by atoms with van der Waals surface area (Å²) in [5.74, 6) is 0.983. The van der Waals surface area contributed by atoms with Gasteiger partial charge >= 0.3 is 0 Å². The third-order valence-corrected chi connectivity index (χ3v) is 7.22. The van der Waals surface area contributed by atoms with Crippen LogP contribution >= 0.6 is 12.6 Å². The van der Waals surface area contributed by atoms with Crippen LogP contribution in [0.3, 0.4) is 0 Å². The Balaban J connectivity index is 3.66. The highest BCUT2D eigenvalue weighted by Gasteiger charge is 2.13. The van der Waals surface area contributed by atoms with Gasteiger partial charge in [0.15, 0.2) is 0 Å². The van der Waals surface area contributed by atoms with Crippen molar-refractivity contribution < 1.29 is 0 Å². The molecule has 0 saturated heterocycles. The van der Waals surface area contributed by atoms with Crippen LogP contribution in [0.2, 0.25) is 0 Å². The first kappa shape index (κ1) is 32.0. The molecule has 0 rings (SSSR count). The summed E-state index contributed by atoms with van der Waals surface area (Å²) in [6, 6.07) is 0.780. The smallest absolute Gasteiger partial charge is 0.00925 e. The Morgan fingerprint density at radius 2 is 0.938 bits per heavy atom. The predicted molar refractivity (Wildman–Crippen MR) is 152 cm³/mol. The van der Waals surface area contributed by atoms with Gasteiger partial charge in [0.2, 0.25) is 0 Å². The summed E-state index contributed by atoms with van der Waals surface area (Å²) in [6.07, 6.45) is 35.7. The molecule has 2 heteroatoms. The molecule has 0 aromatic carbocycles. The lowest BCUT2D eigenvalue weighted by Crippen LogP contribution is -2.33. The van der Waals surface area contributed by atoms with Crippen molar-refractivity contribution in [3.05, 3.63) is 12.2 Å². The molecule has 0 amide bonds. The summed E-state index contributed by atoms with van der Waals surface area (Å²) >= 11 is 4.47. The molecule has 0 heterocycles. The maximum atomic E-state index is 4.47. The molecule has 0 radical (unpaired) electrons. The van der Waals surface area contributed by atoms with Crippen LogP contribution in [-0.4, -0.2) is 30.3 Å². The third kappa shape index (κ3) is 23.2. The maximum Gasteiger partial charge on any atom is 0.00925 e. The molecular formula is C30H61NS. The van der Waals surface area contributed by atoms with Crippen molar-refractivity contribution >= 4 is 12.6 Å². The Kier molecular flexibility index (Phi) is 27.3. The minimum atomic E-state index is 0.780. The molecule has 0 spiro atoms. The summed E-state index contributed by atoms with van der Waals surface area (Å²) in [7, 11) is 2.32. The van der Waals surface area contributed by atoms with E-state index >= 15 is 0 Å². The lowest BCUT2D eigenvalue weighted by atomic mass is 9.99. The lowest BCUT2D eigenvalue weighted by Gasteiger charge is -2.28. The summed E-state index contributed by atoms with van der Waals surface area (Å²) < 4.78 is 0. The molecule has 1 nitrogen and oxygen atoms in total.